The smallest absolute Gasteiger partial charge is 0.361 e. The number of benzene rings is 2. The third kappa shape index (κ3) is 2.83. The zero-order valence-corrected chi connectivity index (χ0v) is 15.8. The van der Waals surface area contributed by atoms with E-state index in [-0.39, 0.29) is 12.3 Å². The topological polar surface area (TPSA) is 69.4 Å². The van der Waals surface area contributed by atoms with Crippen molar-refractivity contribution in [2.24, 2.45) is 0 Å². The van der Waals surface area contributed by atoms with E-state index in [1.165, 1.54) is 6.08 Å². The molecule has 28 heavy (non-hydrogen) atoms. The summed E-state index contributed by atoms with van der Waals surface area (Å²) in [7, 11) is 0. The van der Waals surface area contributed by atoms with Crippen molar-refractivity contribution in [2.45, 2.75) is 20.3 Å². The molecule has 6 nitrogen and oxygen atoms in total. The van der Waals surface area contributed by atoms with Crippen LogP contribution in [0.15, 0.2) is 55.1 Å². The van der Waals surface area contributed by atoms with E-state index < -0.39 is 5.97 Å². The van der Waals surface area contributed by atoms with Gasteiger partial charge >= 0.3 is 5.97 Å². The number of carbonyl (C=O) groups excluding carboxylic acids is 1. The molecule has 0 saturated heterocycles. The molecule has 0 saturated carbocycles. The van der Waals surface area contributed by atoms with Crippen LogP contribution >= 0.6 is 0 Å². The molecule has 0 spiro atoms. The van der Waals surface area contributed by atoms with Gasteiger partial charge in [-0.3, -0.25) is 0 Å². The standard InChI is InChI=1S/C22H20N4O2/c1-4-13-28-22(27)20-14(3)26-21(24-23-20)19(18(5-2)25-26)17-12-8-10-15-9-6-7-11-16(15)17/h4,6-12H,1,5,13H2,2-3H3. The summed E-state index contributed by atoms with van der Waals surface area (Å²) >= 11 is 0. The number of rotatable bonds is 5. The van der Waals surface area contributed by atoms with Crippen molar-refractivity contribution in [3.8, 4) is 11.1 Å². The fraction of sp³-hybridized carbons (Fsp3) is 0.182. The molecule has 0 N–H and O–H groups in total. The molecule has 0 amide bonds. The van der Waals surface area contributed by atoms with E-state index in [0.29, 0.717) is 11.3 Å². The maximum atomic E-state index is 12.3. The van der Waals surface area contributed by atoms with Gasteiger partial charge in [0.05, 0.1) is 17.0 Å². The number of aromatic nitrogens is 4. The zero-order chi connectivity index (χ0) is 19.7. The van der Waals surface area contributed by atoms with Crippen LogP contribution in [0.2, 0.25) is 0 Å². The number of aryl methyl sites for hydroxylation is 2. The predicted molar refractivity (Wildman–Crippen MR) is 108 cm³/mol. The van der Waals surface area contributed by atoms with E-state index >= 15 is 0 Å². The van der Waals surface area contributed by atoms with Crippen LogP contribution in [0.1, 0.15) is 28.8 Å². The van der Waals surface area contributed by atoms with E-state index in [1.807, 2.05) is 18.2 Å². The molecule has 4 rings (SSSR count). The molecule has 0 aliphatic heterocycles. The van der Waals surface area contributed by atoms with Gasteiger partial charge < -0.3 is 4.74 Å². The fourth-order valence-electron chi connectivity index (χ4n) is 3.41. The third-order valence-electron chi connectivity index (χ3n) is 4.76. The first-order chi connectivity index (χ1) is 13.7. The second-order valence-corrected chi connectivity index (χ2v) is 6.46. The summed E-state index contributed by atoms with van der Waals surface area (Å²) < 4.78 is 6.80. The van der Waals surface area contributed by atoms with Crippen LogP contribution in [0.3, 0.4) is 0 Å². The molecule has 2 aromatic heterocycles. The SMILES string of the molecule is C=CCOC(=O)c1nnc2c(-c3cccc4ccccc34)c(CC)nn2c1C. The first kappa shape index (κ1) is 17.9. The van der Waals surface area contributed by atoms with Crippen LogP contribution in [0.25, 0.3) is 27.5 Å². The highest BCUT2D eigenvalue weighted by Gasteiger charge is 2.22. The fourth-order valence-corrected chi connectivity index (χ4v) is 3.41. The molecule has 0 fully saturated rings. The lowest BCUT2D eigenvalue weighted by molar-refractivity contribution is 0.0539. The van der Waals surface area contributed by atoms with Crippen LogP contribution < -0.4 is 0 Å². The normalized spacial score (nSPS) is 11.1. The Morgan fingerprint density at radius 1 is 1.18 bits per heavy atom. The number of hydrogen-bond acceptors (Lipinski definition) is 5. The Hall–Kier alpha value is -3.54. The Balaban J connectivity index is 1.96. The van der Waals surface area contributed by atoms with Gasteiger partial charge in [0.1, 0.15) is 6.61 Å². The van der Waals surface area contributed by atoms with Crippen molar-refractivity contribution >= 4 is 22.4 Å². The van der Waals surface area contributed by atoms with Crippen molar-refractivity contribution in [1.29, 1.82) is 0 Å². The van der Waals surface area contributed by atoms with Crippen LogP contribution in [0.4, 0.5) is 0 Å². The van der Waals surface area contributed by atoms with E-state index in [9.17, 15) is 4.79 Å². The molecule has 0 aliphatic carbocycles. The number of ether oxygens (including phenoxy) is 1. The monoisotopic (exact) mass is 372 g/mol. The van der Waals surface area contributed by atoms with Gasteiger partial charge in [0, 0.05) is 0 Å². The lowest BCUT2D eigenvalue weighted by Crippen LogP contribution is -2.14. The molecule has 2 heterocycles. The Bertz CT molecular complexity index is 1200. The Morgan fingerprint density at radius 3 is 2.75 bits per heavy atom. The van der Waals surface area contributed by atoms with Gasteiger partial charge in [-0.2, -0.15) is 5.10 Å². The number of fused-ring (bicyclic) bond motifs is 2. The molecular weight excluding hydrogens is 352 g/mol. The van der Waals surface area contributed by atoms with Gasteiger partial charge in [0.25, 0.3) is 0 Å². The summed E-state index contributed by atoms with van der Waals surface area (Å²) in [6, 6.07) is 14.4. The number of hydrogen-bond donors (Lipinski definition) is 0. The highest BCUT2D eigenvalue weighted by molar-refractivity contribution is 6.00. The summed E-state index contributed by atoms with van der Waals surface area (Å²) in [6.07, 6.45) is 2.25. The van der Waals surface area contributed by atoms with E-state index in [1.54, 1.807) is 11.4 Å². The van der Waals surface area contributed by atoms with Gasteiger partial charge in [-0.1, -0.05) is 62.0 Å². The van der Waals surface area contributed by atoms with Gasteiger partial charge in [0.15, 0.2) is 11.3 Å². The first-order valence-corrected chi connectivity index (χ1v) is 9.16. The molecule has 0 atom stereocenters. The average molecular weight is 372 g/mol. The maximum Gasteiger partial charge on any atom is 0.361 e. The van der Waals surface area contributed by atoms with E-state index in [2.05, 4.69) is 48.0 Å². The quantitative estimate of drug-likeness (QED) is 0.389. The zero-order valence-electron chi connectivity index (χ0n) is 15.8. The van der Waals surface area contributed by atoms with Crippen LogP contribution in [0, 0.1) is 6.92 Å². The average Bonchev–Trinajstić information content (AvgIpc) is 3.11. The lowest BCUT2D eigenvalue weighted by Gasteiger charge is -2.08. The summed E-state index contributed by atoms with van der Waals surface area (Å²) in [5.41, 5.74) is 4.29. The number of esters is 1. The van der Waals surface area contributed by atoms with Crippen molar-refractivity contribution in [1.82, 2.24) is 19.8 Å². The molecule has 0 aliphatic rings. The van der Waals surface area contributed by atoms with Gasteiger partial charge in [0.2, 0.25) is 0 Å². The van der Waals surface area contributed by atoms with Crippen molar-refractivity contribution in [3.05, 3.63) is 72.2 Å². The second kappa shape index (κ2) is 7.23. The first-order valence-electron chi connectivity index (χ1n) is 9.16. The largest absolute Gasteiger partial charge is 0.457 e. The van der Waals surface area contributed by atoms with Gasteiger partial charge in [-0.25, -0.2) is 9.31 Å². The minimum atomic E-state index is -0.535. The molecule has 0 radical (unpaired) electrons. The summed E-state index contributed by atoms with van der Waals surface area (Å²) in [5.74, 6) is -0.535. The van der Waals surface area contributed by atoms with Crippen molar-refractivity contribution in [3.63, 3.8) is 0 Å². The Morgan fingerprint density at radius 2 is 1.96 bits per heavy atom. The molecule has 4 aromatic rings. The molecular formula is C22H20N4O2. The van der Waals surface area contributed by atoms with Crippen LogP contribution in [0.5, 0.6) is 0 Å². The third-order valence-corrected chi connectivity index (χ3v) is 4.76. The molecule has 6 heteroatoms. The van der Waals surface area contributed by atoms with E-state index in [0.717, 1.165) is 34.0 Å². The molecule has 0 unspecified atom stereocenters. The Kier molecular flexibility index (Phi) is 4.61. The maximum absolute atomic E-state index is 12.3. The van der Waals surface area contributed by atoms with E-state index in [4.69, 9.17) is 9.84 Å². The summed E-state index contributed by atoms with van der Waals surface area (Å²) in [6.45, 7) is 7.53. The van der Waals surface area contributed by atoms with Crippen LogP contribution in [-0.4, -0.2) is 32.4 Å². The highest BCUT2D eigenvalue weighted by atomic mass is 16.5. The van der Waals surface area contributed by atoms with Gasteiger partial charge in [-0.05, 0) is 29.7 Å². The molecule has 2 aromatic carbocycles. The number of carbonyl (C=O) groups is 1. The Labute approximate surface area is 162 Å². The summed E-state index contributed by atoms with van der Waals surface area (Å²) in [5, 5.41) is 15.5. The second-order valence-electron chi connectivity index (χ2n) is 6.46. The molecule has 140 valence electrons. The summed E-state index contributed by atoms with van der Waals surface area (Å²) in [4.78, 5) is 12.3. The van der Waals surface area contributed by atoms with Crippen molar-refractivity contribution in [2.75, 3.05) is 6.61 Å². The van der Waals surface area contributed by atoms with Gasteiger partial charge in [-0.15, -0.1) is 10.2 Å². The minimum absolute atomic E-state index is 0.124. The predicted octanol–water partition coefficient (Wildman–Crippen LogP) is 4.16. The minimum Gasteiger partial charge on any atom is -0.457 e. The highest BCUT2D eigenvalue weighted by Crippen LogP contribution is 2.34. The number of nitrogens with zero attached hydrogens (tertiary/aromatic N) is 4. The van der Waals surface area contributed by atoms with Crippen LogP contribution in [-0.2, 0) is 11.2 Å². The molecule has 0 bridgehead atoms. The van der Waals surface area contributed by atoms with Crippen molar-refractivity contribution < 1.29 is 9.53 Å². The lowest BCUT2D eigenvalue weighted by atomic mass is 9.97.